The predicted octanol–water partition coefficient (Wildman–Crippen LogP) is 3.54. The third-order valence-electron chi connectivity index (χ3n) is 4.25. The number of hydrogen-bond donors (Lipinski definition) is 0. The van der Waals surface area contributed by atoms with Crippen LogP contribution < -0.4 is 0 Å². The van der Waals surface area contributed by atoms with Gasteiger partial charge in [0.2, 0.25) is 0 Å². The summed E-state index contributed by atoms with van der Waals surface area (Å²) in [5, 5.41) is 1.46. The van der Waals surface area contributed by atoms with Gasteiger partial charge in [0.1, 0.15) is 7.28 Å². The van der Waals surface area contributed by atoms with Crippen molar-refractivity contribution in [2.24, 2.45) is 0 Å². The van der Waals surface area contributed by atoms with E-state index in [0.29, 0.717) is 0 Å². The molecule has 2 atom stereocenters. The molecule has 0 spiro atoms. The summed E-state index contributed by atoms with van der Waals surface area (Å²) in [7, 11) is 1.51. The monoisotopic (exact) mass is 164 g/mol. The maximum Gasteiger partial charge on any atom is 0.134 e. The van der Waals surface area contributed by atoms with Crippen LogP contribution >= 0.6 is 0 Å². The zero-order chi connectivity index (χ0) is 8.66. The summed E-state index contributed by atoms with van der Waals surface area (Å²) in [6, 6.07) is 0. The molecule has 12 heavy (non-hydrogen) atoms. The molecule has 1 heteroatoms. The van der Waals surface area contributed by atoms with E-state index in [0.717, 1.165) is 10.6 Å². The van der Waals surface area contributed by atoms with Crippen LogP contribution in [0.5, 0.6) is 0 Å². The van der Waals surface area contributed by atoms with E-state index in [4.69, 9.17) is 0 Å². The molecule has 2 aliphatic rings. The van der Waals surface area contributed by atoms with Gasteiger partial charge in [-0.1, -0.05) is 69.4 Å². The largest absolute Gasteiger partial charge is 0.134 e. The molecule has 0 saturated carbocycles. The lowest BCUT2D eigenvalue weighted by atomic mass is 9.42. The molecule has 0 amide bonds. The highest BCUT2D eigenvalue weighted by atomic mass is 14.4. The summed E-state index contributed by atoms with van der Waals surface area (Å²) in [5.74, 6) is 0. The minimum atomic E-state index is 0.731. The number of hydrogen-bond acceptors (Lipinski definition) is 0. The smallest absolute Gasteiger partial charge is 0.0665 e. The second-order valence-corrected chi connectivity index (χ2v) is 5.86. The summed E-state index contributed by atoms with van der Waals surface area (Å²) in [6.45, 7) is 5.03. The van der Waals surface area contributed by atoms with Gasteiger partial charge in [-0.15, -0.1) is 0 Å². The Morgan fingerprint density at radius 2 is 1.25 bits per heavy atom. The lowest BCUT2D eigenvalue weighted by Crippen LogP contribution is -2.20. The Bertz CT molecular complexity index is 152. The zero-order valence-electron chi connectivity index (χ0n) is 8.66. The maximum atomic E-state index is 2.52. The first-order valence-corrected chi connectivity index (χ1v) is 5.62. The third kappa shape index (κ3) is 1.55. The third-order valence-corrected chi connectivity index (χ3v) is 4.25. The van der Waals surface area contributed by atoms with Crippen LogP contribution in [0.1, 0.15) is 58.8 Å². The highest BCUT2D eigenvalue weighted by molar-refractivity contribution is 6.45. The van der Waals surface area contributed by atoms with Crippen LogP contribution in [0.2, 0.25) is 10.6 Å². The van der Waals surface area contributed by atoms with E-state index in [-0.39, 0.29) is 0 Å². The molecule has 68 valence electrons. The van der Waals surface area contributed by atoms with Crippen LogP contribution in [-0.2, 0) is 0 Å². The molecule has 2 heterocycles. The van der Waals surface area contributed by atoms with Crippen molar-refractivity contribution in [3.05, 3.63) is 0 Å². The van der Waals surface area contributed by atoms with Crippen molar-refractivity contribution in [1.82, 2.24) is 0 Å². The van der Waals surface area contributed by atoms with Gasteiger partial charge in [-0.05, 0) is 0 Å². The molecule has 2 fully saturated rings. The molecule has 2 aliphatic heterocycles. The van der Waals surface area contributed by atoms with Gasteiger partial charge < -0.3 is 0 Å². The Hall–Kier alpha value is 0.0649. The molecular formula is C11H21B. The van der Waals surface area contributed by atoms with Crippen LogP contribution in [0.3, 0.4) is 0 Å². The fourth-order valence-corrected chi connectivity index (χ4v) is 3.52. The van der Waals surface area contributed by atoms with Gasteiger partial charge in [-0.2, -0.15) is 0 Å². The van der Waals surface area contributed by atoms with Crippen LogP contribution in [-0.4, -0.2) is 7.28 Å². The minimum Gasteiger partial charge on any atom is -0.0665 e. The lowest BCUT2D eigenvalue weighted by molar-refractivity contribution is 0.498. The second-order valence-electron chi connectivity index (χ2n) is 5.86. The summed E-state index contributed by atoms with van der Waals surface area (Å²) in [4.78, 5) is 0. The first kappa shape index (κ1) is 8.65. The van der Waals surface area contributed by atoms with Crippen molar-refractivity contribution >= 4 is 7.28 Å². The highest BCUT2D eigenvalue weighted by Crippen LogP contribution is 2.57. The molecule has 0 aromatic rings. The van der Waals surface area contributed by atoms with Gasteiger partial charge in [0.05, 0.1) is 0 Å². The van der Waals surface area contributed by atoms with Crippen LogP contribution in [0.25, 0.3) is 0 Å². The summed E-state index contributed by atoms with van der Waals surface area (Å²) >= 11 is 0. The minimum absolute atomic E-state index is 0.731. The molecule has 0 nitrogen and oxygen atoms in total. The molecule has 0 radical (unpaired) electrons. The quantitative estimate of drug-likeness (QED) is 0.480. The highest BCUT2D eigenvalue weighted by Gasteiger charge is 2.43. The van der Waals surface area contributed by atoms with E-state index < -0.39 is 0 Å². The Morgan fingerprint density at radius 3 is 1.75 bits per heavy atom. The lowest BCUT2D eigenvalue weighted by Gasteiger charge is -2.30. The van der Waals surface area contributed by atoms with Crippen LogP contribution in [0.15, 0.2) is 0 Å². The average molecular weight is 164 g/mol. The van der Waals surface area contributed by atoms with Gasteiger partial charge in [-0.3, -0.25) is 0 Å². The van der Waals surface area contributed by atoms with Crippen LogP contribution in [0.4, 0.5) is 0 Å². The first-order chi connectivity index (χ1) is 5.62. The molecule has 0 N–H and O–H groups in total. The Labute approximate surface area is 77.4 Å². The Kier molecular flexibility index (Phi) is 2.01. The van der Waals surface area contributed by atoms with Crippen LogP contribution in [0, 0.1) is 0 Å². The SMILES string of the molecule is CC12BC(C)(CCCCC1)CC2. The Balaban J connectivity index is 2.11. The van der Waals surface area contributed by atoms with E-state index in [1.54, 1.807) is 0 Å². The topological polar surface area (TPSA) is 0 Å². The van der Waals surface area contributed by atoms with E-state index in [1.807, 2.05) is 0 Å². The number of rotatable bonds is 0. The van der Waals surface area contributed by atoms with Crippen molar-refractivity contribution in [2.45, 2.75) is 69.4 Å². The van der Waals surface area contributed by atoms with Crippen molar-refractivity contribution in [1.29, 1.82) is 0 Å². The van der Waals surface area contributed by atoms with E-state index in [9.17, 15) is 0 Å². The molecular weight excluding hydrogens is 143 g/mol. The van der Waals surface area contributed by atoms with E-state index in [1.165, 1.54) is 52.2 Å². The van der Waals surface area contributed by atoms with Gasteiger partial charge in [0.15, 0.2) is 0 Å². The summed E-state index contributed by atoms with van der Waals surface area (Å²) in [6.07, 6.45) is 10.5. The normalized spacial score (nSPS) is 47.8. The predicted molar refractivity (Wildman–Crippen MR) is 56.2 cm³/mol. The van der Waals surface area contributed by atoms with Gasteiger partial charge >= 0.3 is 0 Å². The van der Waals surface area contributed by atoms with Crippen molar-refractivity contribution in [2.75, 3.05) is 0 Å². The molecule has 0 aliphatic carbocycles. The zero-order valence-corrected chi connectivity index (χ0v) is 8.66. The molecule has 0 aromatic carbocycles. The molecule has 2 bridgehead atoms. The first-order valence-electron chi connectivity index (χ1n) is 5.62. The standard InChI is InChI=1S/C11H21B/c1-10-6-4-3-5-7-11(2,12-10)9-8-10/h12H,3-9H2,1-2H3. The molecule has 0 aromatic heterocycles. The summed E-state index contributed by atoms with van der Waals surface area (Å²) < 4.78 is 0. The maximum absolute atomic E-state index is 2.52. The molecule has 2 saturated heterocycles. The summed E-state index contributed by atoms with van der Waals surface area (Å²) in [5.41, 5.74) is 0. The molecule has 2 rings (SSSR count). The van der Waals surface area contributed by atoms with Crippen molar-refractivity contribution in [3.63, 3.8) is 0 Å². The van der Waals surface area contributed by atoms with Gasteiger partial charge in [-0.25, -0.2) is 0 Å². The Morgan fingerprint density at radius 1 is 0.750 bits per heavy atom. The van der Waals surface area contributed by atoms with Crippen molar-refractivity contribution < 1.29 is 0 Å². The second kappa shape index (κ2) is 2.78. The average Bonchev–Trinajstić information content (AvgIpc) is 2.28. The van der Waals surface area contributed by atoms with Gasteiger partial charge in [0.25, 0.3) is 0 Å². The fraction of sp³-hybridized carbons (Fsp3) is 1.00. The number of fused-ring (bicyclic) bond motifs is 2. The van der Waals surface area contributed by atoms with E-state index >= 15 is 0 Å². The molecule has 2 unspecified atom stereocenters. The van der Waals surface area contributed by atoms with E-state index in [2.05, 4.69) is 13.8 Å². The van der Waals surface area contributed by atoms with Gasteiger partial charge in [0, 0.05) is 0 Å². The fourth-order valence-electron chi connectivity index (χ4n) is 3.52. The van der Waals surface area contributed by atoms with Crippen molar-refractivity contribution in [3.8, 4) is 0 Å².